The van der Waals surface area contributed by atoms with Crippen molar-refractivity contribution in [3.8, 4) is 5.75 Å². The van der Waals surface area contributed by atoms with Crippen molar-refractivity contribution in [1.82, 2.24) is 0 Å². The van der Waals surface area contributed by atoms with Crippen LogP contribution in [0.3, 0.4) is 0 Å². The van der Waals surface area contributed by atoms with Gasteiger partial charge in [-0.25, -0.2) is 0 Å². The monoisotopic (exact) mass is 473 g/mol. The summed E-state index contributed by atoms with van der Waals surface area (Å²) in [6.45, 7) is 2.01. The van der Waals surface area contributed by atoms with Crippen LogP contribution in [0, 0.1) is 0 Å². The molecule has 0 unspecified atom stereocenters. The van der Waals surface area contributed by atoms with Gasteiger partial charge in [-0.1, -0.05) is 102 Å². The predicted octanol–water partition coefficient (Wildman–Crippen LogP) is 7.56. The highest BCUT2D eigenvalue weighted by atomic mass is 35.5. The summed E-state index contributed by atoms with van der Waals surface area (Å²) in [7, 11) is 0. The van der Waals surface area contributed by atoms with Crippen LogP contribution < -0.4 is 9.64 Å². The molecule has 2 aliphatic rings. The van der Waals surface area contributed by atoms with Crippen molar-refractivity contribution in [2.45, 2.75) is 25.0 Å². The van der Waals surface area contributed by atoms with Crippen molar-refractivity contribution in [1.29, 1.82) is 0 Å². The zero-order valence-electron chi connectivity index (χ0n) is 17.9. The van der Waals surface area contributed by atoms with Gasteiger partial charge in [0.2, 0.25) is 0 Å². The number of halogens is 2. The molecule has 2 atom stereocenters. The Kier molecular flexibility index (Phi) is 4.88. The third-order valence-electron chi connectivity index (χ3n) is 6.45. The lowest BCUT2D eigenvalue weighted by Crippen LogP contribution is -2.53. The second-order valence-electron chi connectivity index (χ2n) is 8.33. The second kappa shape index (κ2) is 7.81. The maximum Gasteiger partial charge on any atom is 0.171 e. The Balaban J connectivity index is 1.69. The van der Waals surface area contributed by atoms with Gasteiger partial charge in [0.05, 0.1) is 5.02 Å². The fourth-order valence-corrected chi connectivity index (χ4v) is 5.64. The lowest BCUT2D eigenvalue weighted by Gasteiger charge is -2.53. The van der Waals surface area contributed by atoms with Crippen LogP contribution in [0.4, 0.5) is 5.69 Å². The molecule has 0 aromatic heterocycles. The predicted molar refractivity (Wildman–Crippen MR) is 132 cm³/mol. The fourth-order valence-electron chi connectivity index (χ4n) is 5.09. The molecular weight excluding hydrogens is 453 g/mol. The number of benzene rings is 4. The number of para-hydroxylation sites is 1. The van der Waals surface area contributed by atoms with Gasteiger partial charge >= 0.3 is 0 Å². The highest BCUT2D eigenvalue weighted by Gasteiger charge is 2.51. The van der Waals surface area contributed by atoms with Crippen molar-refractivity contribution in [3.63, 3.8) is 0 Å². The lowest BCUT2D eigenvalue weighted by atomic mass is 9.77. The summed E-state index contributed by atoms with van der Waals surface area (Å²) in [5.41, 5.74) is 4.20. The van der Waals surface area contributed by atoms with E-state index in [9.17, 15) is 0 Å². The maximum absolute atomic E-state index is 7.21. The largest absolute Gasteiger partial charge is 0.469 e. The number of ether oxygens (including phenoxy) is 2. The minimum absolute atomic E-state index is 0.285. The smallest absolute Gasteiger partial charge is 0.171 e. The number of fused-ring (bicyclic) bond motifs is 5. The van der Waals surface area contributed by atoms with E-state index in [2.05, 4.69) is 53.4 Å². The van der Waals surface area contributed by atoms with Gasteiger partial charge in [0, 0.05) is 21.8 Å². The number of nitrogens with zero attached hydrogens (tertiary/aromatic N) is 1. The Labute approximate surface area is 203 Å². The Morgan fingerprint density at radius 2 is 1.39 bits per heavy atom. The molecule has 2 aliphatic heterocycles. The van der Waals surface area contributed by atoms with Crippen LogP contribution in [0.25, 0.3) is 0 Å². The molecule has 5 heteroatoms. The van der Waals surface area contributed by atoms with E-state index in [0.717, 1.165) is 27.9 Å². The molecule has 33 heavy (non-hydrogen) atoms. The van der Waals surface area contributed by atoms with Crippen molar-refractivity contribution in [2.75, 3.05) is 4.90 Å². The van der Waals surface area contributed by atoms with Crippen LogP contribution in [0.1, 0.15) is 35.4 Å². The first-order valence-electron chi connectivity index (χ1n) is 10.9. The van der Waals surface area contributed by atoms with Crippen LogP contribution in [-0.4, -0.2) is 6.23 Å². The topological polar surface area (TPSA) is 21.7 Å². The third-order valence-corrected chi connectivity index (χ3v) is 6.95. The Morgan fingerprint density at radius 3 is 2.06 bits per heavy atom. The Morgan fingerprint density at radius 1 is 0.788 bits per heavy atom. The Hall–Kier alpha value is -2.98. The van der Waals surface area contributed by atoms with E-state index in [1.54, 1.807) is 6.07 Å². The van der Waals surface area contributed by atoms with Gasteiger partial charge in [-0.2, -0.15) is 0 Å². The molecule has 3 nitrogen and oxygen atoms in total. The van der Waals surface area contributed by atoms with Gasteiger partial charge in [-0.3, -0.25) is 0 Å². The maximum atomic E-state index is 7.21. The summed E-state index contributed by atoms with van der Waals surface area (Å²) >= 11 is 13.0. The highest BCUT2D eigenvalue weighted by Crippen LogP contribution is 2.56. The first-order valence-corrected chi connectivity index (χ1v) is 11.7. The summed E-state index contributed by atoms with van der Waals surface area (Å²) in [5.74, 6) is 0.615. The van der Waals surface area contributed by atoms with Crippen molar-refractivity contribution >= 4 is 28.9 Å². The number of rotatable bonds is 2. The van der Waals surface area contributed by atoms with Gasteiger partial charge in [0.1, 0.15) is 11.4 Å². The van der Waals surface area contributed by atoms with E-state index in [-0.39, 0.29) is 6.23 Å². The third kappa shape index (κ3) is 3.07. The molecule has 0 spiro atoms. The first-order chi connectivity index (χ1) is 16.1. The number of hydrogen-bond donors (Lipinski definition) is 0. The quantitative estimate of drug-likeness (QED) is 0.299. The molecule has 0 amide bonds. The average Bonchev–Trinajstić information content (AvgIpc) is 2.85. The standard InChI is InChI=1S/C28H21Cl2NO2/c1-18-31-25-15-9-8-14-23(25)28(19-10-4-2-5-11-19,20-12-6-3-7-13-20)33-27(31)22-16-21(29)17-24(30)26(22)32-18/h2-18,27H,1H3/t18-,27-/m0/s1. The molecule has 6 rings (SSSR count). The zero-order valence-corrected chi connectivity index (χ0v) is 19.4. The minimum Gasteiger partial charge on any atom is -0.469 e. The van der Waals surface area contributed by atoms with Crippen LogP contribution in [0.5, 0.6) is 5.75 Å². The Bertz CT molecular complexity index is 1290. The molecule has 0 saturated carbocycles. The molecule has 4 aromatic rings. The van der Waals surface area contributed by atoms with Crippen molar-refractivity contribution in [2.24, 2.45) is 0 Å². The van der Waals surface area contributed by atoms with Crippen LogP contribution in [0.15, 0.2) is 97.1 Å². The zero-order chi connectivity index (χ0) is 22.6. The molecule has 0 aliphatic carbocycles. The van der Waals surface area contributed by atoms with Gasteiger partial charge < -0.3 is 14.4 Å². The van der Waals surface area contributed by atoms with Gasteiger partial charge in [0.15, 0.2) is 12.5 Å². The SMILES string of the molecule is C[C@@H]1Oc2c(Cl)cc(Cl)cc2[C@@H]2OC(c3ccccc3)(c3ccccc3)c3ccccc3N12. The molecule has 2 heterocycles. The summed E-state index contributed by atoms with van der Waals surface area (Å²) in [6, 6.07) is 32.7. The van der Waals surface area contributed by atoms with Crippen LogP contribution >= 0.6 is 23.2 Å². The van der Waals surface area contributed by atoms with Crippen molar-refractivity contribution in [3.05, 3.63) is 129 Å². The summed E-state index contributed by atoms with van der Waals surface area (Å²) < 4.78 is 13.5. The number of hydrogen-bond acceptors (Lipinski definition) is 3. The molecule has 0 N–H and O–H groups in total. The van der Waals surface area contributed by atoms with Crippen LogP contribution in [0.2, 0.25) is 10.0 Å². The molecule has 0 fully saturated rings. The van der Waals surface area contributed by atoms with E-state index in [1.165, 1.54) is 0 Å². The molecule has 0 bridgehead atoms. The summed E-state index contributed by atoms with van der Waals surface area (Å²) in [4.78, 5) is 2.16. The molecule has 0 radical (unpaired) electrons. The lowest BCUT2D eigenvalue weighted by molar-refractivity contribution is -0.0829. The summed E-state index contributed by atoms with van der Waals surface area (Å²) in [5, 5.41) is 1.03. The minimum atomic E-state index is -0.830. The van der Waals surface area contributed by atoms with Crippen LogP contribution in [-0.2, 0) is 10.3 Å². The second-order valence-corrected chi connectivity index (χ2v) is 9.17. The van der Waals surface area contributed by atoms with Gasteiger partial charge in [-0.05, 0) is 36.2 Å². The molecule has 4 aromatic carbocycles. The van der Waals surface area contributed by atoms with E-state index in [1.807, 2.05) is 49.4 Å². The average molecular weight is 474 g/mol. The van der Waals surface area contributed by atoms with Gasteiger partial charge in [0.25, 0.3) is 0 Å². The molecule has 0 saturated heterocycles. The fraction of sp³-hybridized carbons (Fsp3) is 0.143. The normalized spacial score (nSPS) is 20.3. The first kappa shape index (κ1) is 20.6. The highest BCUT2D eigenvalue weighted by molar-refractivity contribution is 6.35. The number of anilines is 1. The molecule has 164 valence electrons. The van der Waals surface area contributed by atoms with E-state index >= 15 is 0 Å². The van der Waals surface area contributed by atoms with E-state index in [0.29, 0.717) is 15.8 Å². The van der Waals surface area contributed by atoms with E-state index < -0.39 is 11.8 Å². The summed E-state index contributed by atoms with van der Waals surface area (Å²) in [6.07, 6.45) is -0.734. The van der Waals surface area contributed by atoms with E-state index in [4.69, 9.17) is 32.7 Å². The van der Waals surface area contributed by atoms with Crippen molar-refractivity contribution < 1.29 is 9.47 Å². The molecular formula is C28H21Cl2NO2. The van der Waals surface area contributed by atoms with Gasteiger partial charge in [-0.15, -0.1) is 0 Å².